The molecule has 5 N–H and O–H groups in total. The molecule has 1 rings (SSSR count). The number of nitrogens with one attached hydrogen (secondary N) is 2. The maximum Gasteiger partial charge on any atom is 0.321 e. The number of carboxylic acids is 1. The van der Waals surface area contributed by atoms with Gasteiger partial charge in [-0.15, -0.1) is 0 Å². The van der Waals surface area contributed by atoms with Crippen molar-refractivity contribution in [1.82, 2.24) is 10.4 Å². The van der Waals surface area contributed by atoms with Crippen molar-refractivity contribution in [3.8, 4) is 0 Å². The van der Waals surface area contributed by atoms with Gasteiger partial charge in [0.1, 0.15) is 6.04 Å². The third-order valence-corrected chi connectivity index (χ3v) is 2.68. The van der Waals surface area contributed by atoms with E-state index in [2.05, 4.69) is 5.43 Å². The minimum atomic E-state index is -0.858. The summed E-state index contributed by atoms with van der Waals surface area (Å²) in [5.74, 6) is -0.465. The molecule has 0 aliphatic carbocycles. The van der Waals surface area contributed by atoms with Gasteiger partial charge in [-0.05, 0) is 19.8 Å². The van der Waals surface area contributed by atoms with Gasteiger partial charge in [0.25, 0.3) is 0 Å². The van der Waals surface area contributed by atoms with Crippen LogP contribution in [0.2, 0.25) is 0 Å². The van der Waals surface area contributed by atoms with Crippen LogP contribution >= 0.6 is 0 Å². The number of carboxylic acid groups (broad SMARTS) is 1. The van der Waals surface area contributed by atoms with Gasteiger partial charge in [0, 0.05) is 19.0 Å². The fourth-order valence-electron chi connectivity index (χ4n) is 1.65. The minimum Gasteiger partial charge on any atom is -0.480 e. The minimum absolute atomic E-state index is 0.156. The molecule has 0 radical (unpaired) electrons. The van der Waals surface area contributed by atoms with Gasteiger partial charge in [-0.2, -0.15) is 0 Å². The van der Waals surface area contributed by atoms with E-state index in [-0.39, 0.29) is 11.8 Å². The molecule has 1 aliphatic heterocycles. The highest BCUT2D eigenvalue weighted by Gasteiger charge is 2.23. The largest absolute Gasteiger partial charge is 0.480 e. The molecule has 0 saturated carbocycles. The van der Waals surface area contributed by atoms with E-state index in [0.717, 1.165) is 25.9 Å². The molecule has 0 spiro atoms. The van der Waals surface area contributed by atoms with E-state index in [0.29, 0.717) is 0 Å². The number of hydrazine groups is 1. The number of carbonyl (C=O) groups is 1. The van der Waals surface area contributed by atoms with Crippen LogP contribution in [0.25, 0.3) is 0 Å². The van der Waals surface area contributed by atoms with Crippen LogP contribution < -0.4 is 11.2 Å². The second kappa shape index (κ2) is 5.09. The molecule has 0 aromatic carbocycles. The van der Waals surface area contributed by atoms with Crippen molar-refractivity contribution >= 4 is 11.8 Å². The topological polar surface area (TPSA) is 102 Å². The predicted molar refractivity (Wildman–Crippen MR) is 56.4 cm³/mol. The molecular formula is C9H18N4O2. The SMILES string of the molecule is C[C@H](NN1CCC(C(=N)N)CC1)C(=O)O. The molecule has 1 fully saturated rings. The molecule has 0 unspecified atom stereocenters. The Bertz CT molecular complexity index is 248. The van der Waals surface area contributed by atoms with Crippen molar-refractivity contribution in [2.75, 3.05) is 13.1 Å². The van der Waals surface area contributed by atoms with Crippen LogP contribution in [-0.4, -0.2) is 41.1 Å². The number of hydrogen-bond acceptors (Lipinski definition) is 4. The lowest BCUT2D eigenvalue weighted by atomic mass is 9.97. The smallest absolute Gasteiger partial charge is 0.321 e. The maximum absolute atomic E-state index is 10.6. The van der Waals surface area contributed by atoms with Gasteiger partial charge in [-0.25, -0.2) is 10.4 Å². The second-order valence-corrected chi connectivity index (χ2v) is 3.91. The molecule has 1 saturated heterocycles. The number of nitrogens with two attached hydrogens (primary N) is 1. The maximum atomic E-state index is 10.6. The summed E-state index contributed by atoms with van der Waals surface area (Å²) in [6, 6.07) is -0.570. The van der Waals surface area contributed by atoms with Crippen molar-refractivity contribution in [1.29, 1.82) is 5.41 Å². The van der Waals surface area contributed by atoms with Gasteiger partial charge in [0.2, 0.25) is 0 Å². The van der Waals surface area contributed by atoms with Gasteiger partial charge in [0.15, 0.2) is 0 Å². The van der Waals surface area contributed by atoms with Gasteiger partial charge in [0.05, 0.1) is 5.84 Å². The van der Waals surface area contributed by atoms with Crippen molar-refractivity contribution in [2.24, 2.45) is 11.7 Å². The fourth-order valence-corrected chi connectivity index (χ4v) is 1.65. The Balaban J connectivity index is 2.31. The van der Waals surface area contributed by atoms with E-state index in [1.165, 1.54) is 0 Å². The summed E-state index contributed by atoms with van der Waals surface area (Å²) in [4.78, 5) is 10.6. The standard InChI is InChI=1S/C9H18N4O2/c1-6(9(14)15)12-13-4-2-7(3-5-13)8(10)11/h6-7,12H,2-5H2,1H3,(H3,10,11)(H,14,15)/t6-/m0/s1. The zero-order valence-corrected chi connectivity index (χ0v) is 8.86. The van der Waals surface area contributed by atoms with E-state index in [1.807, 2.05) is 5.01 Å². The molecule has 0 amide bonds. The first-order valence-corrected chi connectivity index (χ1v) is 5.08. The Morgan fingerprint density at radius 1 is 1.60 bits per heavy atom. The average Bonchev–Trinajstić information content (AvgIpc) is 2.18. The molecule has 0 aromatic rings. The molecule has 6 heteroatoms. The summed E-state index contributed by atoms with van der Waals surface area (Å²) in [7, 11) is 0. The number of hydrogen-bond donors (Lipinski definition) is 4. The summed E-state index contributed by atoms with van der Waals surface area (Å²) in [5.41, 5.74) is 8.31. The first-order valence-electron chi connectivity index (χ1n) is 5.08. The zero-order chi connectivity index (χ0) is 11.4. The quantitative estimate of drug-likeness (QED) is 0.377. The Labute approximate surface area is 88.9 Å². The number of rotatable bonds is 4. The Kier molecular flexibility index (Phi) is 4.05. The Morgan fingerprint density at radius 2 is 2.13 bits per heavy atom. The molecule has 6 nitrogen and oxygen atoms in total. The van der Waals surface area contributed by atoms with Crippen LogP contribution in [0.4, 0.5) is 0 Å². The first-order chi connectivity index (χ1) is 7.00. The van der Waals surface area contributed by atoms with E-state index in [9.17, 15) is 4.79 Å². The van der Waals surface area contributed by atoms with Crippen molar-refractivity contribution in [3.05, 3.63) is 0 Å². The lowest BCUT2D eigenvalue weighted by molar-refractivity contribution is -0.140. The highest BCUT2D eigenvalue weighted by Crippen LogP contribution is 2.15. The third kappa shape index (κ3) is 3.49. The summed E-state index contributed by atoms with van der Waals surface area (Å²) in [6.45, 7) is 3.09. The molecular weight excluding hydrogens is 196 g/mol. The summed E-state index contributed by atoms with van der Waals surface area (Å²) >= 11 is 0. The highest BCUT2D eigenvalue weighted by molar-refractivity contribution is 5.79. The fraction of sp³-hybridized carbons (Fsp3) is 0.778. The van der Waals surface area contributed by atoms with Gasteiger partial charge < -0.3 is 10.8 Å². The predicted octanol–water partition coefficient (Wildman–Crippen LogP) is -0.388. The Morgan fingerprint density at radius 3 is 2.53 bits per heavy atom. The van der Waals surface area contributed by atoms with Crippen molar-refractivity contribution < 1.29 is 9.90 Å². The van der Waals surface area contributed by atoms with Gasteiger partial charge in [-0.3, -0.25) is 10.2 Å². The molecule has 15 heavy (non-hydrogen) atoms. The molecule has 0 bridgehead atoms. The molecule has 0 aromatic heterocycles. The summed E-state index contributed by atoms with van der Waals surface area (Å²) < 4.78 is 0. The van der Waals surface area contributed by atoms with E-state index in [1.54, 1.807) is 6.92 Å². The monoisotopic (exact) mass is 214 g/mol. The Hall–Kier alpha value is -1.14. The average molecular weight is 214 g/mol. The van der Waals surface area contributed by atoms with Gasteiger partial charge in [-0.1, -0.05) is 0 Å². The third-order valence-electron chi connectivity index (χ3n) is 2.68. The van der Waals surface area contributed by atoms with E-state index < -0.39 is 12.0 Å². The van der Waals surface area contributed by atoms with Crippen LogP contribution in [0.3, 0.4) is 0 Å². The van der Waals surface area contributed by atoms with E-state index >= 15 is 0 Å². The molecule has 86 valence electrons. The number of nitrogens with zero attached hydrogens (tertiary/aromatic N) is 1. The lowest BCUT2D eigenvalue weighted by Crippen LogP contribution is -2.51. The lowest BCUT2D eigenvalue weighted by Gasteiger charge is -2.32. The number of amidine groups is 1. The number of piperidine rings is 1. The second-order valence-electron chi connectivity index (χ2n) is 3.91. The van der Waals surface area contributed by atoms with Gasteiger partial charge >= 0.3 is 5.97 Å². The molecule has 1 atom stereocenters. The summed E-state index contributed by atoms with van der Waals surface area (Å²) in [5, 5.41) is 17.9. The number of aliphatic carboxylic acids is 1. The normalized spacial score (nSPS) is 21.1. The zero-order valence-electron chi connectivity index (χ0n) is 8.86. The van der Waals surface area contributed by atoms with Crippen LogP contribution in [0, 0.1) is 11.3 Å². The van der Waals surface area contributed by atoms with Crippen molar-refractivity contribution in [3.63, 3.8) is 0 Å². The van der Waals surface area contributed by atoms with Crippen LogP contribution in [0.1, 0.15) is 19.8 Å². The molecule has 1 aliphatic rings. The molecule has 1 heterocycles. The highest BCUT2D eigenvalue weighted by atomic mass is 16.4. The first kappa shape index (κ1) is 11.9. The van der Waals surface area contributed by atoms with Crippen LogP contribution in [0.15, 0.2) is 0 Å². The van der Waals surface area contributed by atoms with Crippen molar-refractivity contribution in [2.45, 2.75) is 25.8 Å². The summed E-state index contributed by atoms with van der Waals surface area (Å²) in [6.07, 6.45) is 1.63. The van der Waals surface area contributed by atoms with Crippen LogP contribution in [-0.2, 0) is 4.79 Å². The van der Waals surface area contributed by atoms with E-state index in [4.69, 9.17) is 16.2 Å². The van der Waals surface area contributed by atoms with Crippen LogP contribution in [0.5, 0.6) is 0 Å².